The fourth-order valence-corrected chi connectivity index (χ4v) is 2.15. The first-order valence-electron chi connectivity index (χ1n) is 6.29. The van der Waals surface area contributed by atoms with Crippen molar-refractivity contribution < 1.29 is 19.0 Å². The summed E-state index contributed by atoms with van der Waals surface area (Å²) in [6.45, 7) is 1.64. The third-order valence-electron chi connectivity index (χ3n) is 2.94. The van der Waals surface area contributed by atoms with Crippen LogP contribution in [0.5, 0.6) is 11.5 Å². The Balaban J connectivity index is 2.43. The summed E-state index contributed by atoms with van der Waals surface area (Å²) in [5, 5.41) is 18.0. The molecular formula is C16H11ClFNO3. The van der Waals surface area contributed by atoms with Gasteiger partial charge in [0.25, 0.3) is 0 Å². The summed E-state index contributed by atoms with van der Waals surface area (Å²) in [6.07, 6.45) is -0.443. The lowest BCUT2D eigenvalue weighted by molar-refractivity contribution is -0.136. The normalized spacial score (nSPS) is 10.1. The molecule has 0 saturated carbocycles. The number of carboxylic acids is 1. The number of nitriles is 1. The number of nitrogens with zero attached hydrogens (tertiary/aromatic N) is 1. The molecule has 0 unspecified atom stereocenters. The summed E-state index contributed by atoms with van der Waals surface area (Å²) in [7, 11) is 0. The lowest BCUT2D eigenvalue weighted by Gasteiger charge is -2.12. The van der Waals surface area contributed by atoms with Gasteiger partial charge in [-0.05, 0) is 30.7 Å². The van der Waals surface area contributed by atoms with E-state index < -0.39 is 18.2 Å². The summed E-state index contributed by atoms with van der Waals surface area (Å²) >= 11 is 5.87. The number of carboxylic acid groups (broad SMARTS) is 1. The zero-order valence-corrected chi connectivity index (χ0v) is 12.3. The van der Waals surface area contributed by atoms with E-state index in [0.717, 1.165) is 0 Å². The standard InChI is InChI=1S/C16H11ClFNO3/c1-9-2-3-11(6-14(20)21)15(18)16(9)22-13-5-10(8-19)4-12(17)7-13/h2-5,7H,6H2,1H3,(H,20,21). The number of rotatable bonds is 4. The summed E-state index contributed by atoms with van der Waals surface area (Å²) in [4.78, 5) is 10.7. The van der Waals surface area contributed by atoms with Crippen molar-refractivity contribution in [3.63, 3.8) is 0 Å². The molecule has 0 fully saturated rings. The minimum absolute atomic E-state index is 0.0237. The zero-order chi connectivity index (χ0) is 16.3. The Morgan fingerprint density at radius 3 is 2.77 bits per heavy atom. The van der Waals surface area contributed by atoms with Crippen molar-refractivity contribution in [3.8, 4) is 17.6 Å². The number of hydrogen-bond acceptors (Lipinski definition) is 3. The molecule has 0 radical (unpaired) electrons. The van der Waals surface area contributed by atoms with E-state index in [1.54, 1.807) is 13.0 Å². The summed E-state index contributed by atoms with van der Waals surface area (Å²) in [6, 6.07) is 9.24. The fourth-order valence-electron chi connectivity index (χ4n) is 1.92. The first-order chi connectivity index (χ1) is 10.4. The van der Waals surface area contributed by atoms with Crippen LogP contribution in [0.3, 0.4) is 0 Å². The fraction of sp³-hybridized carbons (Fsp3) is 0.125. The highest BCUT2D eigenvalue weighted by molar-refractivity contribution is 6.30. The van der Waals surface area contributed by atoms with Gasteiger partial charge >= 0.3 is 5.97 Å². The SMILES string of the molecule is Cc1ccc(CC(=O)O)c(F)c1Oc1cc(Cl)cc(C#N)c1. The molecule has 0 aliphatic rings. The van der Waals surface area contributed by atoms with Crippen molar-refractivity contribution in [1.82, 2.24) is 0 Å². The molecule has 0 aliphatic carbocycles. The predicted octanol–water partition coefficient (Wildman–Crippen LogP) is 4.08. The van der Waals surface area contributed by atoms with Crippen LogP contribution in [0, 0.1) is 24.1 Å². The van der Waals surface area contributed by atoms with Crippen LogP contribution in [0.15, 0.2) is 30.3 Å². The van der Waals surface area contributed by atoms with Crippen molar-refractivity contribution in [3.05, 3.63) is 57.9 Å². The maximum absolute atomic E-state index is 14.4. The van der Waals surface area contributed by atoms with Crippen molar-refractivity contribution in [2.24, 2.45) is 0 Å². The third-order valence-corrected chi connectivity index (χ3v) is 3.15. The van der Waals surface area contributed by atoms with Gasteiger partial charge in [-0.2, -0.15) is 5.26 Å². The molecular weight excluding hydrogens is 309 g/mol. The summed E-state index contributed by atoms with van der Waals surface area (Å²) in [5.74, 6) is -1.74. The van der Waals surface area contributed by atoms with Gasteiger partial charge in [-0.25, -0.2) is 4.39 Å². The second kappa shape index (κ2) is 6.46. The number of aryl methyl sites for hydroxylation is 1. The van der Waals surface area contributed by atoms with Gasteiger partial charge in [-0.15, -0.1) is 0 Å². The van der Waals surface area contributed by atoms with E-state index in [1.165, 1.54) is 24.3 Å². The molecule has 0 spiro atoms. The minimum atomic E-state index is -1.14. The van der Waals surface area contributed by atoms with E-state index in [9.17, 15) is 9.18 Å². The first-order valence-corrected chi connectivity index (χ1v) is 6.67. The van der Waals surface area contributed by atoms with Crippen molar-refractivity contribution >= 4 is 17.6 Å². The average molecular weight is 320 g/mol. The average Bonchev–Trinajstić information content (AvgIpc) is 2.45. The highest BCUT2D eigenvalue weighted by atomic mass is 35.5. The Kier molecular flexibility index (Phi) is 4.64. The Morgan fingerprint density at radius 1 is 1.41 bits per heavy atom. The minimum Gasteiger partial charge on any atom is -0.481 e. The van der Waals surface area contributed by atoms with E-state index in [4.69, 9.17) is 26.7 Å². The lowest BCUT2D eigenvalue weighted by atomic mass is 10.1. The molecule has 2 rings (SSSR count). The maximum Gasteiger partial charge on any atom is 0.307 e. The smallest absolute Gasteiger partial charge is 0.307 e. The second-order valence-electron chi connectivity index (χ2n) is 4.64. The second-order valence-corrected chi connectivity index (χ2v) is 5.08. The number of carbonyl (C=O) groups is 1. The van der Waals surface area contributed by atoms with Gasteiger partial charge in [0, 0.05) is 10.6 Å². The van der Waals surface area contributed by atoms with Gasteiger partial charge in [0.15, 0.2) is 11.6 Å². The molecule has 4 nitrogen and oxygen atoms in total. The Morgan fingerprint density at radius 2 is 2.14 bits per heavy atom. The third kappa shape index (κ3) is 3.54. The van der Waals surface area contributed by atoms with E-state index in [2.05, 4.69) is 0 Å². The van der Waals surface area contributed by atoms with Crippen LogP contribution in [0.1, 0.15) is 16.7 Å². The van der Waals surface area contributed by atoms with E-state index >= 15 is 0 Å². The van der Waals surface area contributed by atoms with Crippen molar-refractivity contribution in [2.45, 2.75) is 13.3 Å². The van der Waals surface area contributed by atoms with Crippen LogP contribution < -0.4 is 4.74 Å². The number of aliphatic carboxylic acids is 1. The Labute approximate surface area is 131 Å². The number of ether oxygens (including phenoxy) is 1. The molecule has 1 N–H and O–H groups in total. The van der Waals surface area contributed by atoms with Crippen LogP contribution in [0.25, 0.3) is 0 Å². The molecule has 22 heavy (non-hydrogen) atoms. The van der Waals surface area contributed by atoms with Gasteiger partial charge in [0.1, 0.15) is 5.75 Å². The van der Waals surface area contributed by atoms with Crippen molar-refractivity contribution in [1.29, 1.82) is 5.26 Å². The molecule has 0 aromatic heterocycles. The molecule has 6 heteroatoms. The molecule has 112 valence electrons. The summed E-state index contributed by atoms with van der Waals surface area (Å²) < 4.78 is 19.9. The summed E-state index contributed by atoms with van der Waals surface area (Å²) in [5.41, 5.74) is 0.808. The number of halogens is 2. The first kappa shape index (κ1) is 15.8. The molecule has 0 bridgehead atoms. The van der Waals surface area contributed by atoms with Gasteiger partial charge in [0.05, 0.1) is 18.1 Å². The molecule has 0 atom stereocenters. The topological polar surface area (TPSA) is 70.3 Å². The van der Waals surface area contributed by atoms with E-state index in [-0.39, 0.29) is 27.6 Å². The highest BCUT2D eigenvalue weighted by Crippen LogP contribution is 2.32. The number of benzene rings is 2. The Hall–Kier alpha value is -2.58. The molecule has 0 heterocycles. The molecule has 0 aliphatic heterocycles. The van der Waals surface area contributed by atoms with Gasteiger partial charge in [-0.1, -0.05) is 23.7 Å². The quantitative estimate of drug-likeness (QED) is 0.921. The predicted molar refractivity (Wildman–Crippen MR) is 78.7 cm³/mol. The van der Waals surface area contributed by atoms with Crippen LogP contribution in [-0.2, 0) is 11.2 Å². The highest BCUT2D eigenvalue weighted by Gasteiger charge is 2.16. The van der Waals surface area contributed by atoms with Crippen LogP contribution in [-0.4, -0.2) is 11.1 Å². The van der Waals surface area contributed by atoms with Crippen LogP contribution >= 0.6 is 11.6 Å². The van der Waals surface area contributed by atoms with Gasteiger partial charge in [0.2, 0.25) is 0 Å². The number of hydrogen-bond donors (Lipinski definition) is 1. The largest absolute Gasteiger partial charge is 0.481 e. The molecule has 0 amide bonds. The van der Waals surface area contributed by atoms with Crippen LogP contribution in [0.4, 0.5) is 4.39 Å². The zero-order valence-electron chi connectivity index (χ0n) is 11.6. The van der Waals surface area contributed by atoms with E-state index in [0.29, 0.717) is 5.56 Å². The molecule has 2 aromatic carbocycles. The molecule has 2 aromatic rings. The molecule has 0 saturated heterocycles. The monoisotopic (exact) mass is 319 g/mol. The van der Waals surface area contributed by atoms with Crippen LogP contribution in [0.2, 0.25) is 5.02 Å². The van der Waals surface area contributed by atoms with E-state index in [1.807, 2.05) is 6.07 Å². The van der Waals surface area contributed by atoms with Gasteiger partial charge in [-0.3, -0.25) is 4.79 Å². The van der Waals surface area contributed by atoms with Gasteiger partial charge < -0.3 is 9.84 Å². The van der Waals surface area contributed by atoms with Crippen molar-refractivity contribution in [2.75, 3.05) is 0 Å². The Bertz CT molecular complexity index is 784. The lowest BCUT2D eigenvalue weighted by Crippen LogP contribution is -2.04. The maximum atomic E-state index is 14.4.